The number of rotatable bonds is 5. The van der Waals surface area contributed by atoms with Gasteiger partial charge in [0.1, 0.15) is 5.82 Å². The third kappa shape index (κ3) is 4.38. The van der Waals surface area contributed by atoms with Gasteiger partial charge < -0.3 is 5.32 Å². The first kappa shape index (κ1) is 17.9. The van der Waals surface area contributed by atoms with E-state index in [0.717, 1.165) is 24.1 Å². The summed E-state index contributed by atoms with van der Waals surface area (Å²) in [6.07, 6.45) is 1.83. The number of hydrogen-bond donors (Lipinski definition) is 1. The highest BCUT2D eigenvalue weighted by molar-refractivity contribution is 7.89. The quantitative estimate of drug-likeness (QED) is 0.879. The third-order valence-electron chi connectivity index (χ3n) is 4.64. The Bertz CT molecular complexity index is 796. The summed E-state index contributed by atoms with van der Waals surface area (Å²) in [5.74, 6) is 0.329. The second kappa shape index (κ2) is 7.54. The molecule has 1 fully saturated rings. The van der Waals surface area contributed by atoms with Crippen LogP contribution in [0, 0.1) is 11.7 Å². The second-order valence-corrected chi connectivity index (χ2v) is 8.53. The maximum absolute atomic E-state index is 12.9. The molecule has 1 aliphatic heterocycles. The number of piperidine rings is 1. The Hall–Kier alpha value is -1.92. The van der Waals surface area contributed by atoms with Gasteiger partial charge in [0.25, 0.3) is 0 Å². The average Bonchev–Trinajstić information content (AvgIpc) is 2.62. The van der Waals surface area contributed by atoms with E-state index in [1.807, 2.05) is 0 Å². The van der Waals surface area contributed by atoms with E-state index in [0.29, 0.717) is 30.4 Å². The molecule has 0 unspecified atom stereocenters. The van der Waals surface area contributed by atoms with Crippen molar-refractivity contribution in [2.24, 2.45) is 5.92 Å². The number of halogens is 1. The lowest BCUT2D eigenvalue weighted by atomic mass is 10.0. The molecular weight excluding hydrogens is 339 g/mol. The number of nitrogens with one attached hydrogen (secondary N) is 1. The minimum atomic E-state index is -3.41. The molecular formula is C19H23FN2O2S. The van der Waals surface area contributed by atoms with Crippen LogP contribution in [0.5, 0.6) is 0 Å². The van der Waals surface area contributed by atoms with Gasteiger partial charge >= 0.3 is 0 Å². The predicted octanol–water partition coefficient (Wildman–Crippen LogP) is 3.86. The maximum Gasteiger partial charge on any atom is 0.243 e. The van der Waals surface area contributed by atoms with E-state index in [1.54, 1.807) is 40.7 Å². The highest BCUT2D eigenvalue weighted by Gasteiger charge is 2.27. The molecule has 134 valence electrons. The molecule has 0 aliphatic carbocycles. The minimum Gasteiger partial charge on any atom is -0.381 e. The van der Waals surface area contributed by atoms with Gasteiger partial charge in [0.2, 0.25) is 10.0 Å². The fourth-order valence-corrected chi connectivity index (χ4v) is 4.40. The summed E-state index contributed by atoms with van der Waals surface area (Å²) in [6.45, 7) is 3.89. The van der Waals surface area contributed by atoms with Crippen LogP contribution < -0.4 is 5.32 Å². The largest absolute Gasteiger partial charge is 0.381 e. The molecule has 0 amide bonds. The van der Waals surface area contributed by atoms with E-state index in [2.05, 4.69) is 12.2 Å². The molecule has 0 atom stereocenters. The number of nitrogens with zero attached hydrogens (tertiary/aromatic N) is 1. The predicted molar refractivity (Wildman–Crippen MR) is 97.3 cm³/mol. The van der Waals surface area contributed by atoms with Crippen LogP contribution in [0.1, 0.15) is 25.3 Å². The Kier molecular flexibility index (Phi) is 5.39. The van der Waals surface area contributed by atoms with Crippen LogP contribution in [0.25, 0.3) is 0 Å². The molecule has 0 bridgehead atoms. The van der Waals surface area contributed by atoms with E-state index >= 15 is 0 Å². The Labute approximate surface area is 148 Å². The lowest BCUT2D eigenvalue weighted by Gasteiger charge is -2.29. The zero-order chi connectivity index (χ0) is 17.9. The number of benzene rings is 2. The van der Waals surface area contributed by atoms with Gasteiger partial charge in [-0.1, -0.05) is 19.1 Å². The van der Waals surface area contributed by atoms with Crippen molar-refractivity contribution in [2.75, 3.05) is 18.4 Å². The smallest absolute Gasteiger partial charge is 0.243 e. The molecule has 0 saturated carbocycles. The van der Waals surface area contributed by atoms with Gasteiger partial charge in [0.05, 0.1) is 4.90 Å². The van der Waals surface area contributed by atoms with Crippen molar-refractivity contribution in [1.29, 1.82) is 0 Å². The third-order valence-corrected chi connectivity index (χ3v) is 6.56. The Morgan fingerprint density at radius 2 is 1.64 bits per heavy atom. The van der Waals surface area contributed by atoms with E-state index in [-0.39, 0.29) is 5.82 Å². The van der Waals surface area contributed by atoms with Gasteiger partial charge in [0.15, 0.2) is 0 Å². The molecule has 1 aliphatic rings. The SMILES string of the molecule is CC1CCN(S(=O)(=O)c2ccc(NCc3ccc(F)cc3)cc2)CC1. The van der Waals surface area contributed by atoms with E-state index in [1.165, 1.54) is 12.1 Å². The molecule has 1 heterocycles. The number of hydrogen-bond acceptors (Lipinski definition) is 3. The second-order valence-electron chi connectivity index (χ2n) is 6.59. The Morgan fingerprint density at radius 1 is 1.04 bits per heavy atom. The molecule has 1 saturated heterocycles. The van der Waals surface area contributed by atoms with E-state index in [4.69, 9.17) is 0 Å². The van der Waals surface area contributed by atoms with Crippen LogP contribution in [-0.2, 0) is 16.6 Å². The first-order valence-corrected chi connectivity index (χ1v) is 9.98. The summed E-state index contributed by atoms with van der Waals surface area (Å²) in [5.41, 5.74) is 1.79. The van der Waals surface area contributed by atoms with Crippen LogP contribution in [0.4, 0.5) is 10.1 Å². The molecule has 25 heavy (non-hydrogen) atoms. The van der Waals surface area contributed by atoms with Crippen LogP contribution in [0.2, 0.25) is 0 Å². The van der Waals surface area contributed by atoms with Crippen molar-refractivity contribution >= 4 is 15.7 Å². The first-order chi connectivity index (χ1) is 11.9. The van der Waals surface area contributed by atoms with Crippen LogP contribution >= 0.6 is 0 Å². The molecule has 0 spiro atoms. The molecule has 2 aromatic carbocycles. The van der Waals surface area contributed by atoms with Gasteiger partial charge in [-0.25, -0.2) is 12.8 Å². The summed E-state index contributed by atoms with van der Waals surface area (Å²) in [7, 11) is -3.41. The van der Waals surface area contributed by atoms with Gasteiger partial charge in [-0.15, -0.1) is 0 Å². The maximum atomic E-state index is 12.9. The normalized spacial score (nSPS) is 16.7. The molecule has 2 aromatic rings. The number of anilines is 1. The minimum absolute atomic E-state index is 0.259. The van der Waals surface area contributed by atoms with Gasteiger partial charge in [-0.3, -0.25) is 0 Å². The van der Waals surface area contributed by atoms with Crippen LogP contribution in [0.15, 0.2) is 53.4 Å². The van der Waals surface area contributed by atoms with E-state index in [9.17, 15) is 12.8 Å². The summed E-state index contributed by atoms with van der Waals surface area (Å²) >= 11 is 0. The summed E-state index contributed by atoms with van der Waals surface area (Å²) < 4.78 is 39.8. The van der Waals surface area contributed by atoms with Crippen molar-refractivity contribution in [3.8, 4) is 0 Å². The molecule has 4 nitrogen and oxygen atoms in total. The van der Waals surface area contributed by atoms with Crippen molar-refractivity contribution in [1.82, 2.24) is 4.31 Å². The lowest BCUT2D eigenvalue weighted by Crippen LogP contribution is -2.37. The number of sulfonamides is 1. The van der Waals surface area contributed by atoms with Crippen molar-refractivity contribution in [3.63, 3.8) is 0 Å². The summed E-state index contributed by atoms with van der Waals surface area (Å²) in [5, 5.41) is 3.21. The molecule has 6 heteroatoms. The fraction of sp³-hybridized carbons (Fsp3) is 0.368. The highest BCUT2D eigenvalue weighted by Crippen LogP contribution is 2.24. The van der Waals surface area contributed by atoms with Gasteiger partial charge in [0, 0.05) is 25.3 Å². The molecule has 0 radical (unpaired) electrons. The summed E-state index contributed by atoms with van der Waals surface area (Å²) in [4.78, 5) is 0.328. The zero-order valence-electron chi connectivity index (χ0n) is 14.3. The summed E-state index contributed by atoms with van der Waals surface area (Å²) in [6, 6.07) is 13.1. The lowest BCUT2D eigenvalue weighted by molar-refractivity contribution is 0.288. The topological polar surface area (TPSA) is 49.4 Å². The molecule has 1 N–H and O–H groups in total. The van der Waals surface area contributed by atoms with Crippen molar-refractivity contribution in [3.05, 3.63) is 59.9 Å². The average molecular weight is 362 g/mol. The molecule has 0 aromatic heterocycles. The first-order valence-electron chi connectivity index (χ1n) is 8.54. The highest BCUT2D eigenvalue weighted by atomic mass is 32.2. The Balaban J connectivity index is 1.64. The molecule has 3 rings (SSSR count). The van der Waals surface area contributed by atoms with Crippen molar-refractivity contribution < 1.29 is 12.8 Å². The van der Waals surface area contributed by atoms with Crippen LogP contribution in [0.3, 0.4) is 0 Å². The Morgan fingerprint density at radius 3 is 2.24 bits per heavy atom. The van der Waals surface area contributed by atoms with Gasteiger partial charge in [-0.05, 0) is 60.7 Å². The zero-order valence-corrected chi connectivity index (χ0v) is 15.1. The van der Waals surface area contributed by atoms with E-state index < -0.39 is 10.0 Å². The standard InChI is InChI=1S/C19H23FN2O2S/c1-15-10-12-22(13-11-15)25(23,24)19-8-6-18(7-9-19)21-14-16-2-4-17(20)5-3-16/h2-9,15,21H,10-14H2,1H3. The van der Waals surface area contributed by atoms with Crippen molar-refractivity contribution in [2.45, 2.75) is 31.2 Å². The van der Waals surface area contributed by atoms with Gasteiger partial charge in [-0.2, -0.15) is 4.31 Å². The van der Waals surface area contributed by atoms with Crippen LogP contribution in [-0.4, -0.2) is 25.8 Å². The monoisotopic (exact) mass is 362 g/mol. The fourth-order valence-electron chi connectivity index (χ4n) is 2.93.